The Kier molecular flexibility index (Phi) is 4.32. The molecule has 0 aliphatic carbocycles. The highest BCUT2D eigenvalue weighted by atomic mass is 16.2. The maximum absolute atomic E-state index is 12.2. The van der Waals surface area contributed by atoms with Gasteiger partial charge in [0, 0.05) is 20.3 Å². The van der Waals surface area contributed by atoms with Crippen molar-refractivity contribution < 1.29 is 4.79 Å². The smallest absolute Gasteiger partial charge is 0.245 e. The summed E-state index contributed by atoms with van der Waals surface area (Å²) < 4.78 is 0. The number of benzene rings is 1. The second kappa shape index (κ2) is 6.16. The number of carbonyl (C=O) groups excluding carboxylic acids is 1. The molecule has 1 amide bonds. The molecule has 1 aromatic carbocycles. The van der Waals surface area contributed by atoms with Crippen molar-refractivity contribution in [2.45, 2.75) is 6.04 Å². The van der Waals surface area contributed by atoms with E-state index in [1.807, 2.05) is 55.4 Å². The molecule has 0 bridgehead atoms. The normalized spacial score (nSPS) is 11.8. The van der Waals surface area contributed by atoms with E-state index < -0.39 is 6.04 Å². The number of nitrogens with zero attached hydrogens (tertiary/aromatic N) is 2. The number of hydrogen-bond acceptors (Lipinski definition) is 4. The lowest BCUT2D eigenvalue weighted by molar-refractivity contribution is -0.117. The number of anilines is 2. The van der Waals surface area contributed by atoms with Crippen molar-refractivity contribution in [2.75, 3.05) is 24.3 Å². The first kappa shape index (κ1) is 14.0. The molecule has 1 aromatic heterocycles. The van der Waals surface area contributed by atoms with Crippen LogP contribution in [0.3, 0.4) is 0 Å². The van der Waals surface area contributed by atoms with Crippen LogP contribution >= 0.6 is 0 Å². The van der Waals surface area contributed by atoms with Gasteiger partial charge in [0.2, 0.25) is 5.91 Å². The first-order valence-corrected chi connectivity index (χ1v) is 6.32. The first-order valence-electron chi connectivity index (χ1n) is 6.32. The molecular formula is C15H18N4O. The van der Waals surface area contributed by atoms with Crippen LogP contribution in [-0.2, 0) is 4.79 Å². The fourth-order valence-electron chi connectivity index (χ4n) is 1.90. The zero-order chi connectivity index (χ0) is 14.5. The van der Waals surface area contributed by atoms with Crippen LogP contribution in [0.15, 0.2) is 48.8 Å². The van der Waals surface area contributed by atoms with E-state index >= 15 is 0 Å². The second-order valence-electron chi connectivity index (χ2n) is 4.66. The summed E-state index contributed by atoms with van der Waals surface area (Å²) in [6.07, 6.45) is 3.30. The SMILES string of the molecule is CN(C)c1ccncc1NC(=O)C(N)c1ccccc1. The predicted molar refractivity (Wildman–Crippen MR) is 80.6 cm³/mol. The number of hydrogen-bond donors (Lipinski definition) is 2. The monoisotopic (exact) mass is 270 g/mol. The average Bonchev–Trinajstić information content (AvgIpc) is 2.47. The van der Waals surface area contributed by atoms with Crippen molar-refractivity contribution in [1.29, 1.82) is 0 Å². The summed E-state index contributed by atoms with van der Waals surface area (Å²) in [6.45, 7) is 0. The quantitative estimate of drug-likeness (QED) is 0.888. The summed E-state index contributed by atoms with van der Waals surface area (Å²) in [7, 11) is 3.81. The zero-order valence-corrected chi connectivity index (χ0v) is 11.6. The van der Waals surface area contributed by atoms with Gasteiger partial charge in [-0.05, 0) is 11.6 Å². The average molecular weight is 270 g/mol. The van der Waals surface area contributed by atoms with Gasteiger partial charge in [-0.25, -0.2) is 0 Å². The van der Waals surface area contributed by atoms with Gasteiger partial charge in [-0.2, -0.15) is 0 Å². The summed E-state index contributed by atoms with van der Waals surface area (Å²) in [4.78, 5) is 18.1. The summed E-state index contributed by atoms with van der Waals surface area (Å²) in [5.74, 6) is -0.257. The maximum Gasteiger partial charge on any atom is 0.245 e. The van der Waals surface area contributed by atoms with E-state index in [0.29, 0.717) is 5.69 Å². The second-order valence-corrected chi connectivity index (χ2v) is 4.66. The van der Waals surface area contributed by atoms with Crippen LogP contribution in [0.4, 0.5) is 11.4 Å². The summed E-state index contributed by atoms with van der Waals surface area (Å²) in [6, 6.07) is 10.4. The molecule has 0 spiro atoms. The Labute approximate surface area is 118 Å². The molecule has 2 rings (SSSR count). The Morgan fingerprint density at radius 2 is 1.95 bits per heavy atom. The van der Waals surface area contributed by atoms with E-state index in [0.717, 1.165) is 11.3 Å². The van der Waals surface area contributed by atoms with E-state index in [9.17, 15) is 4.79 Å². The highest BCUT2D eigenvalue weighted by molar-refractivity contribution is 5.97. The summed E-state index contributed by atoms with van der Waals surface area (Å²) >= 11 is 0. The minimum Gasteiger partial charge on any atom is -0.376 e. The Balaban J connectivity index is 2.16. The third-order valence-electron chi connectivity index (χ3n) is 2.98. The maximum atomic E-state index is 12.2. The predicted octanol–water partition coefficient (Wildman–Crippen LogP) is 1.79. The molecule has 5 heteroatoms. The Hall–Kier alpha value is -2.40. The topological polar surface area (TPSA) is 71.2 Å². The van der Waals surface area contributed by atoms with E-state index in [4.69, 9.17) is 5.73 Å². The standard InChI is InChI=1S/C15H18N4O/c1-19(2)13-8-9-17-10-12(13)18-15(20)14(16)11-6-4-3-5-7-11/h3-10,14H,16H2,1-2H3,(H,18,20). The number of nitrogens with two attached hydrogens (primary N) is 1. The van der Waals surface area contributed by atoms with Crippen molar-refractivity contribution in [3.8, 4) is 0 Å². The van der Waals surface area contributed by atoms with Gasteiger partial charge in [-0.3, -0.25) is 9.78 Å². The third kappa shape index (κ3) is 3.13. The van der Waals surface area contributed by atoms with Crippen molar-refractivity contribution >= 4 is 17.3 Å². The number of amides is 1. The minimum absolute atomic E-state index is 0.257. The molecule has 0 aliphatic rings. The molecule has 5 nitrogen and oxygen atoms in total. The molecule has 20 heavy (non-hydrogen) atoms. The highest BCUT2D eigenvalue weighted by Crippen LogP contribution is 2.23. The molecule has 104 valence electrons. The molecule has 2 aromatic rings. The van der Waals surface area contributed by atoms with E-state index in [2.05, 4.69) is 10.3 Å². The minimum atomic E-state index is -0.702. The summed E-state index contributed by atoms with van der Waals surface area (Å²) in [5.41, 5.74) is 8.27. The molecular weight excluding hydrogens is 252 g/mol. The fourth-order valence-corrected chi connectivity index (χ4v) is 1.90. The van der Waals surface area contributed by atoms with Gasteiger partial charge in [0.25, 0.3) is 0 Å². The van der Waals surface area contributed by atoms with Crippen molar-refractivity contribution in [1.82, 2.24) is 4.98 Å². The number of rotatable bonds is 4. The zero-order valence-electron chi connectivity index (χ0n) is 11.6. The third-order valence-corrected chi connectivity index (χ3v) is 2.98. The molecule has 0 aliphatic heterocycles. The number of carbonyl (C=O) groups is 1. The number of pyridine rings is 1. The van der Waals surface area contributed by atoms with Crippen LogP contribution in [0.2, 0.25) is 0 Å². The van der Waals surface area contributed by atoms with E-state index in [1.54, 1.807) is 12.4 Å². The van der Waals surface area contributed by atoms with Crippen LogP contribution in [-0.4, -0.2) is 25.0 Å². The van der Waals surface area contributed by atoms with Crippen molar-refractivity contribution in [3.05, 3.63) is 54.4 Å². The van der Waals surface area contributed by atoms with Gasteiger partial charge in [0.1, 0.15) is 6.04 Å². The molecule has 1 atom stereocenters. The van der Waals surface area contributed by atoms with E-state index in [1.165, 1.54) is 0 Å². The molecule has 0 saturated heterocycles. The van der Waals surface area contributed by atoms with Crippen molar-refractivity contribution in [3.63, 3.8) is 0 Å². The van der Waals surface area contributed by atoms with Crippen LogP contribution in [0.25, 0.3) is 0 Å². The lowest BCUT2D eigenvalue weighted by Crippen LogP contribution is -2.28. The van der Waals surface area contributed by atoms with Crippen LogP contribution in [0.5, 0.6) is 0 Å². The van der Waals surface area contributed by atoms with E-state index in [-0.39, 0.29) is 5.91 Å². The lowest BCUT2D eigenvalue weighted by atomic mass is 10.1. The molecule has 1 heterocycles. The summed E-state index contributed by atoms with van der Waals surface area (Å²) in [5, 5.41) is 2.82. The van der Waals surface area contributed by atoms with Gasteiger partial charge < -0.3 is 16.0 Å². The lowest BCUT2D eigenvalue weighted by Gasteiger charge is -2.19. The van der Waals surface area contributed by atoms with Crippen LogP contribution in [0, 0.1) is 0 Å². The molecule has 3 N–H and O–H groups in total. The Morgan fingerprint density at radius 1 is 1.25 bits per heavy atom. The molecule has 0 saturated carbocycles. The van der Waals surface area contributed by atoms with Gasteiger partial charge in [-0.15, -0.1) is 0 Å². The van der Waals surface area contributed by atoms with Gasteiger partial charge >= 0.3 is 0 Å². The van der Waals surface area contributed by atoms with Crippen LogP contribution < -0.4 is 16.0 Å². The highest BCUT2D eigenvalue weighted by Gasteiger charge is 2.17. The van der Waals surface area contributed by atoms with Crippen molar-refractivity contribution in [2.24, 2.45) is 5.73 Å². The molecule has 0 fully saturated rings. The van der Waals surface area contributed by atoms with Gasteiger partial charge in [-0.1, -0.05) is 30.3 Å². The van der Waals surface area contributed by atoms with Crippen LogP contribution in [0.1, 0.15) is 11.6 Å². The van der Waals surface area contributed by atoms with Gasteiger partial charge in [0.05, 0.1) is 17.6 Å². The molecule has 0 radical (unpaired) electrons. The first-order chi connectivity index (χ1) is 9.59. The Morgan fingerprint density at radius 3 is 2.60 bits per heavy atom. The Bertz CT molecular complexity index is 583. The fraction of sp³-hybridized carbons (Fsp3) is 0.200. The van der Waals surface area contributed by atoms with Gasteiger partial charge in [0.15, 0.2) is 0 Å². The largest absolute Gasteiger partial charge is 0.376 e. The number of aromatic nitrogens is 1. The number of nitrogens with one attached hydrogen (secondary N) is 1. The molecule has 1 unspecified atom stereocenters.